The summed E-state index contributed by atoms with van der Waals surface area (Å²) < 4.78 is 5.02. The number of carbonyl (C=O) groups is 2. The number of benzene rings is 2. The number of nitrogens with zero attached hydrogens (tertiary/aromatic N) is 1. The van der Waals surface area contributed by atoms with E-state index in [1.165, 1.54) is 0 Å². The maximum Gasteiger partial charge on any atom is 0.338 e. The van der Waals surface area contributed by atoms with E-state index in [4.69, 9.17) is 27.9 Å². The second-order valence-corrected chi connectivity index (χ2v) is 6.40. The van der Waals surface area contributed by atoms with Crippen LogP contribution in [-0.4, -0.2) is 32.6 Å². The van der Waals surface area contributed by atoms with E-state index in [1.54, 1.807) is 43.3 Å². The van der Waals surface area contributed by atoms with Crippen LogP contribution in [0.4, 0.5) is 11.4 Å². The zero-order valence-corrected chi connectivity index (χ0v) is 15.6. The highest BCUT2D eigenvalue weighted by molar-refractivity contribution is 6.40. The van der Waals surface area contributed by atoms with Gasteiger partial charge in [-0.05, 0) is 42.8 Å². The molecular formula is C18H18Cl2N2O3. The average molecular weight is 381 g/mol. The molecule has 7 heteroatoms. The van der Waals surface area contributed by atoms with Gasteiger partial charge in [0.1, 0.15) is 0 Å². The Morgan fingerprint density at radius 1 is 1.08 bits per heavy atom. The molecule has 0 atom stereocenters. The van der Waals surface area contributed by atoms with Gasteiger partial charge in [-0.25, -0.2) is 4.79 Å². The van der Waals surface area contributed by atoms with Crippen molar-refractivity contribution in [2.45, 2.75) is 6.92 Å². The number of ether oxygens (including phenoxy) is 1. The summed E-state index contributed by atoms with van der Waals surface area (Å²) in [4.78, 5) is 25.9. The van der Waals surface area contributed by atoms with Gasteiger partial charge >= 0.3 is 5.97 Å². The first-order valence-corrected chi connectivity index (χ1v) is 8.24. The van der Waals surface area contributed by atoms with Crippen molar-refractivity contribution in [1.29, 1.82) is 0 Å². The minimum absolute atomic E-state index is 0.305. The fraction of sp³-hybridized carbons (Fsp3) is 0.222. The molecule has 5 nitrogen and oxygen atoms in total. The number of anilines is 2. The summed E-state index contributed by atoms with van der Waals surface area (Å²) in [5, 5.41) is 3.23. The normalized spacial score (nSPS) is 10.3. The van der Waals surface area contributed by atoms with Gasteiger partial charge in [-0.3, -0.25) is 4.79 Å². The van der Waals surface area contributed by atoms with E-state index < -0.39 is 18.5 Å². The third-order valence-electron chi connectivity index (χ3n) is 3.50. The molecule has 0 aliphatic carbocycles. The van der Waals surface area contributed by atoms with Gasteiger partial charge in [-0.2, -0.15) is 0 Å². The summed E-state index contributed by atoms with van der Waals surface area (Å²) in [6, 6.07) is 10.3. The Kier molecular flexibility index (Phi) is 6.28. The van der Waals surface area contributed by atoms with Gasteiger partial charge in [0.25, 0.3) is 5.91 Å². The highest BCUT2D eigenvalue weighted by Crippen LogP contribution is 2.32. The first-order chi connectivity index (χ1) is 11.8. The van der Waals surface area contributed by atoms with Crippen molar-refractivity contribution in [2.75, 3.05) is 30.9 Å². The molecule has 0 unspecified atom stereocenters. The minimum Gasteiger partial charge on any atom is -0.452 e. The molecule has 0 fully saturated rings. The standard InChI is InChI=1S/C18H18Cl2N2O3/c1-11-4-9-14(19)17(16(11)20)21-15(23)10-25-18(24)12-5-7-13(8-6-12)22(2)3/h4-9H,10H2,1-3H3,(H,21,23). The quantitative estimate of drug-likeness (QED) is 0.790. The maximum atomic E-state index is 12.0. The van der Waals surface area contributed by atoms with Crippen molar-refractivity contribution in [3.05, 3.63) is 57.6 Å². The van der Waals surface area contributed by atoms with Crippen molar-refractivity contribution in [3.8, 4) is 0 Å². The summed E-state index contributed by atoms with van der Waals surface area (Å²) in [6.45, 7) is 1.36. The van der Waals surface area contributed by atoms with E-state index in [9.17, 15) is 9.59 Å². The third kappa shape index (κ3) is 4.87. The molecule has 0 saturated heterocycles. The second kappa shape index (κ2) is 8.23. The summed E-state index contributed by atoms with van der Waals surface area (Å²) in [6.07, 6.45) is 0. The molecule has 0 aliphatic heterocycles. The number of halogens is 2. The minimum atomic E-state index is -0.582. The van der Waals surface area contributed by atoms with E-state index in [0.717, 1.165) is 11.3 Å². The number of esters is 1. The Morgan fingerprint density at radius 3 is 2.32 bits per heavy atom. The number of amides is 1. The van der Waals surface area contributed by atoms with Crippen molar-refractivity contribution >= 4 is 46.5 Å². The molecule has 0 heterocycles. The van der Waals surface area contributed by atoms with Gasteiger partial charge in [-0.1, -0.05) is 29.3 Å². The smallest absolute Gasteiger partial charge is 0.338 e. The Bertz CT molecular complexity index is 790. The maximum absolute atomic E-state index is 12.0. The highest BCUT2D eigenvalue weighted by atomic mass is 35.5. The number of aryl methyl sites for hydroxylation is 1. The molecule has 25 heavy (non-hydrogen) atoms. The van der Waals surface area contributed by atoms with Crippen molar-refractivity contribution < 1.29 is 14.3 Å². The van der Waals surface area contributed by atoms with E-state index in [2.05, 4.69) is 5.32 Å². The first kappa shape index (κ1) is 19.1. The van der Waals surface area contributed by atoms with Crippen LogP contribution in [0.25, 0.3) is 0 Å². The fourth-order valence-corrected chi connectivity index (χ4v) is 2.52. The van der Waals surface area contributed by atoms with Crippen LogP contribution >= 0.6 is 23.2 Å². The van der Waals surface area contributed by atoms with Gasteiger partial charge in [0.05, 0.1) is 21.3 Å². The van der Waals surface area contributed by atoms with Crippen molar-refractivity contribution in [2.24, 2.45) is 0 Å². The lowest BCUT2D eigenvalue weighted by atomic mass is 10.2. The molecular weight excluding hydrogens is 363 g/mol. The lowest BCUT2D eigenvalue weighted by Crippen LogP contribution is -2.21. The molecule has 1 N–H and O–H groups in total. The summed E-state index contributed by atoms with van der Waals surface area (Å²) in [5.74, 6) is -1.10. The number of rotatable bonds is 5. The molecule has 1 amide bonds. The molecule has 0 saturated carbocycles. The van der Waals surface area contributed by atoms with Gasteiger partial charge in [-0.15, -0.1) is 0 Å². The first-order valence-electron chi connectivity index (χ1n) is 7.48. The number of hydrogen-bond donors (Lipinski definition) is 1. The van der Waals surface area contributed by atoms with Crippen molar-refractivity contribution in [3.63, 3.8) is 0 Å². The monoisotopic (exact) mass is 380 g/mol. The molecule has 0 radical (unpaired) electrons. The van der Waals surface area contributed by atoms with Gasteiger partial charge < -0.3 is 15.0 Å². The molecule has 132 valence electrons. The Balaban J connectivity index is 1.96. The largest absolute Gasteiger partial charge is 0.452 e. The zero-order chi connectivity index (χ0) is 18.6. The molecule has 2 aromatic rings. The van der Waals surface area contributed by atoms with Crippen LogP contribution in [0.5, 0.6) is 0 Å². The van der Waals surface area contributed by atoms with Crippen LogP contribution in [0.2, 0.25) is 10.0 Å². The lowest BCUT2D eigenvalue weighted by molar-refractivity contribution is -0.119. The molecule has 0 spiro atoms. The van der Waals surface area contributed by atoms with Gasteiger partial charge in [0, 0.05) is 19.8 Å². The van der Waals surface area contributed by atoms with E-state index in [1.807, 2.05) is 19.0 Å². The van der Waals surface area contributed by atoms with Crippen molar-refractivity contribution in [1.82, 2.24) is 0 Å². The van der Waals surface area contributed by atoms with E-state index in [-0.39, 0.29) is 0 Å². The molecule has 0 aliphatic rings. The summed E-state index contributed by atoms with van der Waals surface area (Å²) in [7, 11) is 3.80. The summed E-state index contributed by atoms with van der Waals surface area (Å²) >= 11 is 12.2. The number of nitrogens with one attached hydrogen (secondary N) is 1. The molecule has 0 aromatic heterocycles. The number of hydrogen-bond acceptors (Lipinski definition) is 4. The Labute approximate surface area is 156 Å². The van der Waals surface area contributed by atoms with Gasteiger partial charge in [0.2, 0.25) is 0 Å². The lowest BCUT2D eigenvalue weighted by Gasteiger charge is -2.13. The van der Waals surface area contributed by atoms with Crippen LogP contribution in [0, 0.1) is 6.92 Å². The van der Waals surface area contributed by atoms with Crippen LogP contribution in [0.3, 0.4) is 0 Å². The Morgan fingerprint density at radius 2 is 1.72 bits per heavy atom. The summed E-state index contributed by atoms with van der Waals surface area (Å²) in [5.41, 5.74) is 2.40. The molecule has 2 aromatic carbocycles. The third-order valence-corrected chi connectivity index (χ3v) is 4.30. The van der Waals surface area contributed by atoms with Crippen LogP contribution in [-0.2, 0) is 9.53 Å². The topological polar surface area (TPSA) is 58.6 Å². The highest BCUT2D eigenvalue weighted by Gasteiger charge is 2.14. The number of carbonyl (C=O) groups excluding carboxylic acids is 2. The fourth-order valence-electron chi connectivity index (χ4n) is 2.06. The predicted octanol–water partition coefficient (Wildman–Crippen LogP) is 4.16. The van der Waals surface area contributed by atoms with Crippen LogP contribution < -0.4 is 10.2 Å². The second-order valence-electron chi connectivity index (χ2n) is 5.62. The SMILES string of the molecule is Cc1ccc(Cl)c(NC(=O)COC(=O)c2ccc(N(C)C)cc2)c1Cl. The van der Waals surface area contributed by atoms with E-state index in [0.29, 0.717) is 21.3 Å². The predicted molar refractivity (Wildman–Crippen MR) is 101 cm³/mol. The van der Waals surface area contributed by atoms with Crippen LogP contribution in [0.15, 0.2) is 36.4 Å². The average Bonchev–Trinajstić information content (AvgIpc) is 2.60. The molecule has 0 bridgehead atoms. The Hall–Kier alpha value is -2.24. The van der Waals surface area contributed by atoms with Crippen LogP contribution in [0.1, 0.15) is 15.9 Å². The zero-order valence-electron chi connectivity index (χ0n) is 14.1. The van der Waals surface area contributed by atoms with E-state index >= 15 is 0 Å². The van der Waals surface area contributed by atoms with Gasteiger partial charge in [0.15, 0.2) is 6.61 Å². The molecule has 2 rings (SSSR count).